The minimum Gasteiger partial charge on any atom is -0.374 e. The monoisotopic (exact) mass is 311 g/mol. The van der Waals surface area contributed by atoms with Crippen LogP contribution in [0, 0.1) is 5.92 Å². The molecule has 2 aliphatic rings. The number of hydrogen-bond acceptors (Lipinski definition) is 4. The minimum absolute atomic E-state index is 0.0992. The molecule has 0 unspecified atom stereocenters. The molecular weight excluding hydrogens is 282 g/mol. The number of amides is 2. The van der Waals surface area contributed by atoms with Gasteiger partial charge in [0.1, 0.15) is 0 Å². The van der Waals surface area contributed by atoms with Crippen LogP contribution in [0.2, 0.25) is 0 Å². The Kier molecular flexibility index (Phi) is 6.20. The molecule has 0 bridgehead atoms. The van der Waals surface area contributed by atoms with Gasteiger partial charge in [-0.05, 0) is 18.8 Å². The van der Waals surface area contributed by atoms with Crippen molar-refractivity contribution >= 4 is 11.8 Å². The highest BCUT2D eigenvalue weighted by Gasteiger charge is 2.36. The summed E-state index contributed by atoms with van der Waals surface area (Å²) in [5, 5.41) is 0. The summed E-state index contributed by atoms with van der Waals surface area (Å²) >= 11 is 0. The number of primary amides is 1. The smallest absolute Gasteiger partial charge is 0.237 e. The topological polar surface area (TPSA) is 75.9 Å². The maximum absolute atomic E-state index is 12.7. The average molecular weight is 311 g/mol. The number of nitrogens with two attached hydrogens (primary N) is 1. The van der Waals surface area contributed by atoms with Crippen molar-refractivity contribution in [2.45, 2.75) is 51.7 Å². The average Bonchev–Trinajstić information content (AvgIpc) is 2.45. The summed E-state index contributed by atoms with van der Waals surface area (Å²) in [6, 6.07) is 0.212. The molecule has 0 spiro atoms. The fraction of sp³-hybridized carbons (Fsp3) is 0.875. The summed E-state index contributed by atoms with van der Waals surface area (Å²) in [5.74, 6) is 0.104. The zero-order valence-corrected chi connectivity index (χ0v) is 13.8. The SMILES string of the molecule is CC(C)CN(CC(N)=O)CC(=O)N1CCO[C@@H]2CCCC[C@@H]21. The molecule has 2 rings (SSSR count). The molecule has 0 aromatic rings. The number of rotatable bonds is 6. The molecule has 22 heavy (non-hydrogen) atoms. The van der Waals surface area contributed by atoms with Crippen molar-refractivity contribution in [3.63, 3.8) is 0 Å². The third-order valence-electron chi connectivity index (χ3n) is 4.41. The number of carbonyl (C=O) groups excluding carboxylic acids is 2. The molecule has 2 atom stereocenters. The van der Waals surface area contributed by atoms with Gasteiger partial charge in [-0.2, -0.15) is 0 Å². The van der Waals surface area contributed by atoms with Gasteiger partial charge in [0.2, 0.25) is 11.8 Å². The first-order chi connectivity index (χ1) is 10.5. The van der Waals surface area contributed by atoms with Crippen LogP contribution in [0.25, 0.3) is 0 Å². The number of nitrogens with zero attached hydrogens (tertiary/aromatic N) is 2. The number of ether oxygens (including phenoxy) is 1. The summed E-state index contributed by atoms with van der Waals surface area (Å²) in [7, 11) is 0. The second kappa shape index (κ2) is 7.92. The predicted molar refractivity (Wildman–Crippen MR) is 84.2 cm³/mol. The largest absolute Gasteiger partial charge is 0.374 e. The Morgan fingerprint density at radius 1 is 1.27 bits per heavy atom. The van der Waals surface area contributed by atoms with Crippen LogP contribution in [0.15, 0.2) is 0 Å². The molecule has 0 aromatic heterocycles. The van der Waals surface area contributed by atoms with E-state index in [-0.39, 0.29) is 37.0 Å². The second-order valence-corrected chi connectivity index (χ2v) is 6.88. The molecule has 1 aliphatic carbocycles. The van der Waals surface area contributed by atoms with Crippen molar-refractivity contribution in [1.82, 2.24) is 9.80 Å². The Morgan fingerprint density at radius 3 is 2.68 bits per heavy atom. The predicted octanol–water partition coefficient (Wildman–Crippen LogP) is 0.600. The van der Waals surface area contributed by atoms with E-state index in [4.69, 9.17) is 10.5 Å². The summed E-state index contributed by atoms with van der Waals surface area (Å²) < 4.78 is 5.81. The third-order valence-corrected chi connectivity index (χ3v) is 4.41. The Hall–Kier alpha value is -1.14. The van der Waals surface area contributed by atoms with Gasteiger partial charge in [-0.15, -0.1) is 0 Å². The van der Waals surface area contributed by atoms with Gasteiger partial charge in [0.05, 0.1) is 31.8 Å². The summed E-state index contributed by atoms with van der Waals surface area (Å²) in [6.45, 7) is 6.54. The molecule has 1 saturated carbocycles. The first-order valence-electron chi connectivity index (χ1n) is 8.39. The van der Waals surface area contributed by atoms with Gasteiger partial charge in [0, 0.05) is 13.1 Å². The number of fused-ring (bicyclic) bond motifs is 1. The highest BCUT2D eigenvalue weighted by atomic mass is 16.5. The number of morpholine rings is 1. The Balaban J connectivity index is 1.97. The molecule has 2 N–H and O–H groups in total. The lowest BCUT2D eigenvalue weighted by molar-refractivity contribution is -0.150. The van der Waals surface area contributed by atoms with Crippen LogP contribution in [-0.2, 0) is 14.3 Å². The van der Waals surface area contributed by atoms with E-state index >= 15 is 0 Å². The lowest BCUT2D eigenvalue weighted by Gasteiger charge is -2.44. The number of hydrogen-bond donors (Lipinski definition) is 1. The van der Waals surface area contributed by atoms with Crippen LogP contribution in [0.4, 0.5) is 0 Å². The van der Waals surface area contributed by atoms with Gasteiger partial charge >= 0.3 is 0 Å². The first-order valence-corrected chi connectivity index (χ1v) is 8.39. The van der Waals surface area contributed by atoms with E-state index in [1.54, 1.807) is 0 Å². The van der Waals surface area contributed by atoms with Crippen LogP contribution in [0.3, 0.4) is 0 Å². The summed E-state index contributed by atoms with van der Waals surface area (Å²) in [5.41, 5.74) is 5.30. The molecule has 6 nitrogen and oxygen atoms in total. The Morgan fingerprint density at radius 2 is 2.00 bits per heavy atom. The van der Waals surface area contributed by atoms with Crippen LogP contribution in [-0.4, -0.2) is 66.5 Å². The Bertz CT molecular complexity index is 398. The lowest BCUT2D eigenvalue weighted by atomic mass is 9.90. The van der Waals surface area contributed by atoms with Crippen molar-refractivity contribution in [2.75, 3.05) is 32.8 Å². The van der Waals surface area contributed by atoms with E-state index in [0.29, 0.717) is 25.6 Å². The molecule has 2 amide bonds. The molecule has 1 aliphatic heterocycles. The van der Waals surface area contributed by atoms with E-state index in [1.165, 1.54) is 6.42 Å². The van der Waals surface area contributed by atoms with Crippen molar-refractivity contribution in [3.05, 3.63) is 0 Å². The van der Waals surface area contributed by atoms with Crippen LogP contribution < -0.4 is 5.73 Å². The molecule has 0 aromatic carbocycles. The zero-order valence-electron chi connectivity index (χ0n) is 13.8. The fourth-order valence-corrected chi connectivity index (χ4v) is 3.61. The lowest BCUT2D eigenvalue weighted by Crippen LogP contribution is -2.57. The van der Waals surface area contributed by atoms with Gasteiger partial charge in [0.15, 0.2) is 0 Å². The molecule has 0 radical (unpaired) electrons. The second-order valence-electron chi connectivity index (χ2n) is 6.88. The molecule has 1 saturated heterocycles. The van der Waals surface area contributed by atoms with Crippen LogP contribution >= 0.6 is 0 Å². The first kappa shape index (κ1) is 17.2. The van der Waals surface area contributed by atoms with E-state index in [1.807, 2.05) is 9.80 Å². The van der Waals surface area contributed by atoms with Gasteiger partial charge in [-0.25, -0.2) is 0 Å². The normalized spacial score (nSPS) is 25.4. The van der Waals surface area contributed by atoms with E-state index < -0.39 is 0 Å². The maximum Gasteiger partial charge on any atom is 0.237 e. The maximum atomic E-state index is 12.7. The van der Waals surface area contributed by atoms with E-state index in [9.17, 15) is 9.59 Å². The Labute approximate surface area is 132 Å². The van der Waals surface area contributed by atoms with Crippen molar-refractivity contribution < 1.29 is 14.3 Å². The van der Waals surface area contributed by atoms with Crippen LogP contribution in [0.1, 0.15) is 39.5 Å². The zero-order chi connectivity index (χ0) is 16.1. The summed E-state index contributed by atoms with van der Waals surface area (Å²) in [6.07, 6.45) is 4.61. The number of carbonyl (C=O) groups is 2. The fourth-order valence-electron chi connectivity index (χ4n) is 3.61. The minimum atomic E-state index is -0.383. The third kappa shape index (κ3) is 4.68. The molecule has 1 heterocycles. The van der Waals surface area contributed by atoms with Crippen molar-refractivity contribution in [3.8, 4) is 0 Å². The van der Waals surface area contributed by atoms with Crippen molar-refractivity contribution in [2.24, 2.45) is 11.7 Å². The highest BCUT2D eigenvalue weighted by Crippen LogP contribution is 2.28. The molecule has 126 valence electrons. The molecule has 2 fully saturated rings. The van der Waals surface area contributed by atoms with Gasteiger partial charge in [-0.3, -0.25) is 14.5 Å². The van der Waals surface area contributed by atoms with E-state index in [0.717, 1.165) is 19.3 Å². The van der Waals surface area contributed by atoms with Crippen LogP contribution in [0.5, 0.6) is 0 Å². The van der Waals surface area contributed by atoms with E-state index in [2.05, 4.69) is 13.8 Å². The standard InChI is InChI=1S/C16H29N3O3/c1-12(2)9-18(10-15(17)20)11-16(21)19-7-8-22-14-6-4-3-5-13(14)19/h12-14H,3-11H2,1-2H3,(H2,17,20)/t13-,14+/m0/s1. The van der Waals surface area contributed by atoms with Crippen molar-refractivity contribution in [1.29, 1.82) is 0 Å². The quantitative estimate of drug-likeness (QED) is 0.779. The van der Waals surface area contributed by atoms with Gasteiger partial charge in [-0.1, -0.05) is 26.7 Å². The van der Waals surface area contributed by atoms with Gasteiger partial charge < -0.3 is 15.4 Å². The summed E-state index contributed by atoms with van der Waals surface area (Å²) in [4.78, 5) is 27.8. The highest BCUT2D eigenvalue weighted by molar-refractivity contribution is 5.80. The molecular formula is C16H29N3O3. The molecule has 6 heteroatoms. The van der Waals surface area contributed by atoms with Gasteiger partial charge in [0.25, 0.3) is 0 Å².